The predicted molar refractivity (Wildman–Crippen MR) is 110 cm³/mol. The molecule has 3 rings (SSSR count). The average Bonchev–Trinajstić information content (AvgIpc) is 3.28. The van der Waals surface area contributed by atoms with Crippen molar-refractivity contribution in [2.45, 2.75) is 18.9 Å². The second-order valence-corrected chi connectivity index (χ2v) is 7.58. The van der Waals surface area contributed by atoms with Crippen molar-refractivity contribution in [3.63, 3.8) is 0 Å². The minimum Gasteiger partial charge on any atom is -0.497 e. The first-order chi connectivity index (χ1) is 14.0. The molecule has 7 nitrogen and oxygen atoms in total. The molecule has 0 spiro atoms. The van der Waals surface area contributed by atoms with Crippen LogP contribution < -0.4 is 10.1 Å². The number of amides is 2. The molecule has 1 atom stereocenters. The summed E-state index contributed by atoms with van der Waals surface area (Å²) in [6.45, 7) is 1.68. The van der Waals surface area contributed by atoms with Gasteiger partial charge in [0.05, 0.1) is 25.0 Å². The van der Waals surface area contributed by atoms with Crippen LogP contribution in [0.4, 0.5) is 0 Å². The van der Waals surface area contributed by atoms with Crippen LogP contribution in [0.2, 0.25) is 0 Å². The molecule has 156 valence electrons. The molecule has 2 heterocycles. The molecule has 2 amide bonds. The standard InChI is InChI=1S/C22H29N3O4/c1-24(2)20(17-5-4-6-19(13-17)28-3)14-23-21(26)16-7-10-25(11-8-16)22(27)18-9-12-29-15-18/h4-6,9,12-13,15-16,20H,7-8,10-11,14H2,1-3H3,(H,23,26). The third kappa shape index (κ3) is 5.17. The maximum atomic E-state index is 12.7. The van der Waals surface area contributed by atoms with Gasteiger partial charge in [-0.3, -0.25) is 9.59 Å². The van der Waals surface area contributed by atoms with Crippen molar-refractivity contribution in [3.8, 4) is 5.75 Å². The quantitative estimate of drug-likeness (QED) is 0.775. The van der Waals surface area contributed by atoms with Crippen LogP contribution in [0, 0.1) is 5.92 Å². The number of hydrogen-bond donors (Lipinski definition) is 1. The average molecular weight is 399 g/mol. The Morgan fingerprint density at radius 3 is 2.66 bits per heavy atom. The lowest BCUT2D eigenvalue weighted by atomic mass is 9.95. The van der Waals surface area contributed by atoms with Crippen LogP contribution in [-0.4, -0.2) is 62.5 Å². The van der Waals surface area contributed by atoms with E-state index in [1.54, 1.807) is 18.1 Å². The highest BCUT2D eigenvalue weighted by Crippen LogP contribution is 2.23. The molecule has 2 aromatic rings. The van der Waals surface area contributed by atoms with Crippen LogP contribution in [0.3, 0.4) is 0 Å². The first kappa shape index (κ1) is 20.9. The molecule has 1 aliphatic heterocycles. The molecule has 1 aliphatic rings. The number of likely N-dealkylation sites (tertiary alicyclic amines) is 1. The summed E-state index contributed by atoms with van der Waals surface area (Å²) in [5.41, 5.74) is 1.65. The minimum atomic E-state index is -0.0727. The van der Waals surface area contributed by atoms with Gasteiger partial charge in [0, 0.05) is 25.6 Å². The fraction of sp³-hybridized carbons (Fsp3) is 0.455. The number of nitrogens with zero attached hydrogens (tertiary/aromatic N) is 2. The smallest absolute Gasteiger partial charge is 0.257 e. The van der Waals surface area contributed by atoms with Crippen molar-refractivity contribution < 1.29 is 18.7 Å². The molecule has 7 heteroatoms. The molecule has 1 aromatic carbocycles. The minimum absolute atomic E-state index is 0.0386. The van der Waals surface area contributed by atoms with Crippen LogP contribution in [-0.2, 0) is 4.79 Å². The Balaban J connectivity index is 1.52. The number of likely N-dealkylation sites (N-methyl/N-ethyl adjacent to an activating group) is 1. The Bertz CT molecular complexity index is 811. The van der Waals surface area contributed by atoms with Crippen molar-refractivity contribution in [3.05, 3.63) is 54.0 Å². The number of hydrogen-bond acceptors (Lipinski definition) is 5. The largest absolute Gasteiger partial charge is 0.497 e. The van der Waals surface area contributed by atoms with Crippen molar-refractivity contribution >= 4 is 11.8 Å². The SMILES string of the molecule is COc1cccc(C(CNC(=O)C2CCN(C(=O)c3ccoc3)CC2)N(C)C)c1. The molecule has 0 saturated carbocycles. The maximum absolute atomic E-state index is 12.7. The van der Waals surface area contributed by atoms with Crippen LogP contribution in [0.15, 0.2) is 47.3 Å². The second kappa shape index (κ2) is 9.60. The van der Waals surface area contributed by atoms with Gasteiger partial charge in [-0.2, -0.15) is 0 Å². The number of nitrogens with one attached hydrogen (secondary N) is 1. The van der Waals surface area contributed by atoms with E-state index in [1.807, 2.05) is 38.4 Å². The Labute approximate surface area is 171 Å². The van der Waals surface area contributed by atoms with Crippen LogP contribution in [0.1, 0.15) is 34.8 Å². The highest BCUT2D eigenvalue weighted by Gasteiger charge is 2.28. The van der Waals surface area contributed by atoms with E-state index in [1.165, 1.54) is 12.5 Å². The number of carbonyl (C=O) groups excluding carboxylic acids is 2. The third-order valence-electron chi connectivity index (χ3n) is 5.49. The summed E-state index contributed by atoms with van der Waals surface area (Å²) in [5.74, 6) is 0.741. The van der Waals surface area contributed by atoms with Gasteiger partial charge in [-0.15, -0.1) is 0 Å². The molecule has 1 saturated heterocycles. The van der Waals surface area contributed by atoms with Crippen molar-refractivity contribution in [1.82, 2.24) is 15.1 Å². The van der Waals surface area contributed by atoms with Crippen LogP contribution >= 0.6 is 0 Å². The highest BCUT2D eigenvalue weighted by molar-refractivity contribution is 5.94. The molecule has 1 fully saturated rings. The van der Waals surface area contributed by atoms with Gasteiger partial charge < -0.3 is 24.3 Å². The summed E-state index contributed by atoms with van der Waals surface area (Å²) in [4.78, 5) is 29.0. The Hall–Kier alpha value is -2.80. The Morgan fingerprint density at radius 1 is 1.28 bits per heavy atom. The topological polar surface area (TPSA) is 75.0 Å². The van der Waals surface area contributed by atoms with Crippen LogP contribution in [0.5, 0.6) is 5.75 Å². The summed E-state index contributed by atoms with van der Waals surface area (Å²) in [5, 5.41) is 3.10. The molecule has 29 heavy (non-hydrogen) atoms. The van der Waals surface area contributed by atoms with E-state index in [2.05, 4.69) is 10.2 Å². The van der Waals surface area contributed by atoms with Gasteiger partial charge in [-0.1, -0.05) is 12.1 Å². The van der Waals surface area contributed by atoms with E-state index in [0.717, 1.165) is 11.3 Å². The normalized spacial score (nSPS) is 15.9. The predicted octanol–water partition coefficient (Wildman–Crippen LogP) is 2.56. The number of rotatable bonds is 7. The number of benzene rings is 1. The monoisotopic (exact) mass is 399 g/mol. The van der Waals surface area contributed by atoms with Gasteiger partial charge >= 0.3 is 0 Å². The second-order valence-electron chi connectivity index (χ2n) is 7.58. The zero-order valence-corrected chi connectivity index (χ0v) is 17.3. The van der Waals surface area contributed by atoms with E-state index in [0.29, 0.717) is 38.0 Å². The van der Waals surface area contributed by atoms with Gasteiger partial charge in [-0.25, -0.2) is 0 Å². The van der Waals surface area contributed by atoms with Crippen molar-refractivity contribution in [2.24, 2.45) is 5.92 Å². The fourth-order valence-corrected chi connectivity index (χ4v) is 3.70. The molecule has 1 unspecified atom stereocenters. The summed E-state index contributed by atoms with van der Waals surface area (Å²) < 4.78 is 10.3. The maximum Gasteiger partial charge on any atom is 0.257 e. The van der Waals surface area contributed by atoms with E-state index < -0.39 is 0 Å². The van der Waals surface area contributed by atoms with Gasteiger partial charge in [0.2, 0.25) is 5.91 Å². The lowest BCUT2D eigenvalue weighted by Crippen LogP contribution is -2.44. The molecule has 1 aromatic heterocycles. The van der Waals surface area contributed by atoms with E-state index in [9.17, 15) is 9.59 Å². The number of piperidine rings is 1. The van der Waals surface area contributed by atoms with E-state index in [4.69, 9.17) is 9.15 Å². The lowest BCUT2D eigenvalue weighted by molar-refractivity contribution is -0.126. The van der Waals surface area contributed by atoms with Gasteiger partial charge in [-0.05, 0) is 50.7 Å². The fourth-order valence-electron chi connectivity index (χ4n) is 3.70. The van der Waals surface area contributed by atoms with Crippen molar-refractivity contribution in [1.29, 1.82) is 0 Å². The zero-order valence-electron chi connectivity index (χ0n) is 17.3. The van der Waals surface area contributed by atoms with Gasteiger partial charge in [0.1, 0.15) is 12.0 Å². The first-order valence-electron chi connectivity index (χ1n) is 9.89. The molecule has 0 radical (unpaired) electrons. The summed E-state index contributed by atoms with van der Waals surface area (Å²) in [6.07, 6.45) is 4.29. The summed E-state index contributed by atoms with van der Waals surface area (Å²) in [6, 6.07) is 9.63. The number of ether oxygens (including phenoxy) is 1. The zero-order chi connectivity index (χ0) is 20.8. The van der Waals surface area contributed by atoms with Crippen LogP contribution in [0.25, 0.3) is 0 Å². The van der Waals surface area contributed by atoms with E-state index in [-0.39, 0.29) is 23.8 Å². The molecular formula is C22H29N3O4. The third-order valence-corrected chi connectivity index (χ3v) is 5.49. The number of methoxy groups -OCH3 is 1. The Morgan fingerprint density at radius 2 is 2.03 bits per heavy atom. The van der Waals surface area contributed by atoms with E-state index >= 15 is 0 Å². The van der Waals surface area contributed by atoms with Crippen molar-refractivity contribution in [2.75, 3.05) is 40.8 Å². The molecule has 1 N–H and O–H groups in total. The van der Waals surface area contributed by atoms with Gasteiger partial charge in [0.15, 0.2) is 0 Å². The highest BCUT2D eigenvalue weighted by atomic mass is 16.5. The molecular weight excluding hydrogens is 370 g/mol. The first-order valence-corrected chi connectivity index (χ1v) is 9.89. The summed E-state index contributed by atoms with van der Waals surface area (Å²) in [7, 11) is 5.64. The Kier molecular flexibility index (Phi) is 6.93. The lowest BCUT2D eigenvalue weighted by Gasteiger charge is -2.32. The summed E-state index contributed by atoms with van der Waals surface area (Å²) >= 11 is 0. The van der Waals surface area contributed by atoms with Gasteiger partial charge in [0.25, 0.3) is 5.91 Å². The number of furan rings is 1. The number of carbonyl (C=O) groups is 2. The molecule has 0 aliphatic carbocycles. The molecule has 0 bridgehead atoms.